The third-order valence-electron chi connectivity index (χ3n) is 5.11. The SMILES string of the molecule is CCNC(=O)[C@@H](CC)N(Cc1ccc(Cl)cc1Cl)C(=O)CN(c1cccc(OC)c1)S(C)(=O)=O. The first-order chi connectivity index (χ1) is 16.0. The first kappa shape index (κ1) is 27.8. The number of hydrogen-bond donors (Lipinski definition) is 1. The second-order valence-corrected chi connectivity index (χ2v) is 10.3. The van der Waals surface area contributed by atoms with Gasteiger partial charge in [-0.15, -0.1) is 0 Å². The Kier molecular flexibility index (Phi) is 10.0. The van der Waals surface area contributed by atoms with Crippen LogP contribution in [-0.4, -0.2) is 57.6 Å². The van der Waals surface area contributed by atoms with E-state index < -0.39 is 28.5 Å². The van der Waals surface area contributed by atoms with Gasteiger partial charge in [0, 0.05) is 29.2 Å². The lowest BCUT2D eigenvalue weighted by molar-refractivity contribution is -0.140. The number of methoxy groups -OCH3 is 1. The van der Waals surface area contributed by atoms with Crippen molar-refractivity contribution in [1.82, 2.24) is 10.2 Å². The van der Waals surface area contributed by atoms with Crippen molar-refractivity contribution in [3.63, 3.8) is 0 Å². The van der Waals surface area contributed by atoms with E-state index in [1.165, 1.54) is 18.1 Å². The summed E-state index contributed by atoms with van der Waals surface area (Å²) in [5, 5.41) is 3.51. The molecule has 0 aliphatic heterocycles. The zero-order chi connectivity index (χ0) is 25.5. The molecule has 0 aromatic heterocycles. The maximum atomic E-state index is 13.6. The van der Waals surface area contributed by atoms with Gasteiger partial charge in [-0.3, -0.25) is 13.9 Å². The van der Waals surface area contributed by atoms with Crippen LogP contribution in [0.5, 0.6) is 5.75 Å². The first-order valence-corrected chi connectivity index (χ1v) is 13.2. The first-order valence-electron chi connectivity index (χ1n) is 10.6. The van der Waals surface area contributed by atoms with Gasteiger partial charge in [-0.05, 0) is 43.2 Å². The molecule has 2 rings (SSSR count). The van der Waals surface area contributed by atoms with Crippen molar-refractivity contribution < 1.29 is 22.7 Å². The minimum Gasteiger partial charge on any atom is -0.497 e. The number of nitrogens with zero attached hydrogens (tertiary/aromatic N) is 2. The molecule has 0 unspecified atom stereocenters. The van der Waals surface area contributed by atoms with Crippen molar-refractivity contribution in [2.75, 3.05) is 30.8 Å². The molecule has 0 bridgehead atoms. The summed E-state index contributed by atoms with van der Waals surface area (Å²) < 4.78 is 31.4. The van der Waals surface area contributed by atoms with Crippen molar-refractivity contribution in [3.05, 3.63) is 58.1 Å². The van der Waals surface area contributed by atoms with Crippen molar-refractivity contribution in [1.29, 1.82) is 0 Å². The molecule has 0 radical (unpaired) electrons. The Labute approximate surface area is 210 Å². The summed E-state index contributed by atoms with van der Waals surface area (Å²) in [5.41, 5.74) is 0.847. The lowest BCUT2D eigenvalue weighted by Crippen LogP contribution is -2.52. The monoisotopic (exact) mass is 529 g/mol. The van der Waals surface area contributed by atoms with Gasteiger partial charge >= 0.3 is 0 Å². The Morgan fingerprint density at radius 2 is 1.82 bits per heavy atom. The highest BCUT2D eigenvalue weighted by molar-refractivity contribution is 7.92. The Bertz CT molecular complexity index is 1130. The normalized spacial score (nSPS) is 12.1. The van der Waals surface area contributed by atoms with Crippen molar-refractivity contribution in [2.45, 2.75) is 32.9 Å². The van der Waals surface area contributed by atoms with Crippen LogP contribution in [0.2, 0.25) is 10.0 Å². The Morgan fingerprint density at radius 3 is 2.38 bits per heavy atom. The lowest BCUT2D eigenvalue weighted by atomic mass is 10.1. The molecule has 0 aliphatic rings. The van der Waals surface area contributed by atoms with Crippen LogP contribution in [0.1, 0.15) is 25.8 Å². The number of halogens is 2. The summed E-state index contributed by atoms with van der Waals surface area (Å²) in [7, 11) is -2.37. The molecule has 0 heterocycles. The van der Waals surface area contributed by atoms with Crippen molar-refractivity contribution in [2.24, 2.45) is 0 Å². The standard InChI is InChI=1S/C23H29Cl2N3O5S/c1-5-21(23(30)26-6-2)27(14-16-10-11-17(24)12-20(16)25)22(29)15-28(34(4,31)32)18-8-7-9-19(13-18)33-3/h7-13,21H,5-6,14-15H2,1-4H3,(H,26,30)/t21-/m1/s1. The fraction of sp³-hybridized carbons (Fsp3) is 0.391. The zero-order valence-electron chi connectivity index (χ0n) is 19.5. The number of carbonyl (C=O) groups excluding carboxylic acids is 2. The summed E-state index contributed by atoms with van der Waals surface area (Å²) in [6, 6.07) is 10.4. The highest BCUT2D eigenvalue weighted by Gasteiger charge is 2.32. The molecule has 0 spiro atoms. The van der Waals surface area contributed by atoms with Gasteiger partial charge in [0.2, 0.25) is 21.8 Å². The second kappa shape index (κ2) is 12.3. The van der Waals surface area contributed by atoms with E-state index in [9.17, 15) is 18.0 Å². The molecule has 186 valence electrons. The van der Waals surface area contributed by atoms with E-state index in [2.05, 4.69) is 5.32 Å². The van der Waals surface area contributed by atoms with Crippen LogP contribution in [0.3, 0.4) is 0 Å². The van der Waals surface area contributed by atoms with Crippen LogP contribution in [0.4, 0.5) is 5.69 Å². The van der Waals surface area contributed by atoms with Gasteiger partial charge in [0.1, 0.15) is 18.3 Å². The van der Waals surface area contributed by atoms with Crippen LogP contribution in [0.15, 0.2) is 42.5 Å². The molecule has 2 amide bonds. The van der Waals surface area contributed by atoms with E-state index in [0.29, 0.717) is 34.3 Å². The van der Waals surface area contributed by atoms with E-state index in [1.807, 2.05) is 0 Å². The number of rotatable bonds is 11. The fourth-order valence-corrected chi connectivity index (χ4v) is 4.73. The molecule has 0 saturated heterocycles. The van der Waals surface area contributed by atoms with E-state index in [4.69, 9.17) is 27.9 Å². The molecule has 8 nitrogen and oxygen atoms in total. The third-order valence-corrected chi connectivity index (χ3v) is 6.84. The number of sulfonamides is 1. The zero-order valence-corrected chi connectivity index (χ0v) is 21.9. The van der Waals surface area contributed by atoms with Gasteiger partial charge in [0.15, 0.2) is 0 Å². The second-order valence-electron chi connectivity index (χ2n) is 7.55. The number of carbonyl (C=O) groups is 2. The van der Waals surface area contributed by atoms with Gasteiger partial charge in [0.25, 0.3) is 0 Å². The average Bonchev–Trinajstić information content (AvgIpc) is 2.78. The molecule has 0 saturated carbocycles. The molecule has 0 aliphatic carbocycles. The van der Waals surface area contributed by atoms with Gasteiger partial charge in [0.05, 0.1) is 19.1 Å². The van der Waals surface area contributed by atoms with E-state index in [0.717, 1.165) is 10.6 Å². The molecular weight excluding hydrogens is 501 g/mol. The number of likely N-dealkylation sites (N-methyl/N-ethyl adjacent to an activating group) is 1. The topological polar surface area (TPSA) is 96.0 Å². The van der Waals surface area contributed by atoms with Gasteiger partial charge in [-0.1, -0.05) is 42.3 Å². The highest BCUT2D eigenvalue weighted by atomic mass is 35.5. The Morgan fingerprint density at radius 1 is 1.12 bits per heavy atom. The van der Waals surface area contributed by atoms with E-state index in [-0.39, 0.29) is 18.1 Å². The van der Waals surface area contributed by atoms with Crippen LogP contribution in [0.25, 0.3) is 0 Å². The molecule has 2 aromatic carbocycles. The summed E-state index contributed by atoms with van der Waals surface area (Å²) in [6.45, 7) is 3.44. The smallest absolute Gasteiger partial charge is 0.244 e. The highest BCUT2D eigenvalue weighted by Crippen LogP contribution is 2.26. The summed E-state index contributed by atoms with van der Waals surface area (Å²) in [6.07, 6.45) is 1.34. The molecular formula is C23H29Cl2N3O5S. The number of anilines is 1. The molecule has 11 heteroatoms. The summed E-state index contributed by atoms with van der Waals surface area (Å²) in [4.78, 5) is 27.7. The van der Waals surface area contributed by atoms with Crippen LogP contribution in [-0.2, 0) is 26.2 Å². The molecule has 1 atom stereocenters. The number of benzene rings is 2. The summed E-state index contributed by atoms with van der Waals surface area (Å²) >= 11 is 12.3. The van der Waals surface area contributed by atoms with Gasteiger partial charge < -0.3 is 15.0 Å². The quantitative estimate of drug-likeness (QED) is 0.478. The Hall–Kier alpha value is -2.49. The average molecular weight is 530 g/mol. The number of nitrogens with one attached hydrogen (secondary N) is 1. The molecule has 0 fully saturated rings. The van der Waals surface area contributed by atoms with Crippen molar-refractivity contribution >= 4 is 50.7 Å². The minimum atomic E-state index is -3.83. The lowest BCUT2D eigenvalue weighted by Gasteiger charge is -2.33. The number of amides is 2. The predicted octanol–water partition coefficient (Wildman–Crippen LogP) is 3.71. The largest absolute Gasteiger partial charge is 0.497 e. The fourth-order valence-electron chi connectivity index (χ4n) is 3.42. The molecule has 1 N–H and O–H groups in total. The molecule has 34 heavy (non-hydrogen) atoms. The van der Waals surface area contributed by atoms with E-state index >= 15 is 0 Å². The van der Waals surface area contributed by atoms with Gasteiger partial charge in [-0.2, -0.15) is 0 Å². The van der Waals surface area contributed by atoms with Crippen LogP contribution < -0.4 is 14.4 Å². The Balaban J connectivity index is 2.47. The summed E-state index contributed by atoms with van der Waals surface area (Å²) in [5.74, 6) is -0.453. The minimum absolute atomic E-state index is 0.000188. The predicted molar refractivity (Wildman–Crippen MR) is 135 cm³/mol. The number of ether oxygens (including phenoxy) is 1. The van der Waals surface area contributed by atoms with Gasteiger partial charge in [-0.25, -0.2) is 8.42 Å². The maximum absolute atomic E-state index is 13.6. The number of hydrogen-bond acceptors (Lipinski definition) is 5. The van der Waals surface area contributed by atoms with Crippen molar-refractivity contribution in [3.8, 4) is 5.75 Å². The third kappa shape index (κ3) is 7.25. The van der Waals surface area contributed by atoms with E-state index in [1.54, 1.807) is 50.2 Å². The molecule has 2 aromatic rings. The maximum Gasteiger partial charge on any atom is 0.244 e. The van der Waals surface area contributed by atoms with Crippen LogP contribution in [0, 0.1) is 0 Å². The van der Waals surface area contributed by atoms with Crippen LogP contribution >= 0.6 is 23.2 Å².